The largest absolute Gasteiger partial charge is 0.508 e. The molecule has 2 aliphatic rings. The van der Waals surface area contributed by atoms with Crippen LogP contribution in [-0.2, 0) is 6.42 Å². The van der Waals surface area contributed by atoms with Crippen LogP contribution in [0.1, 0.15) is 53.4 Å². The summed E-state index contributed by atoms with van der Waals surface area (Å²) in [6.45, 7) is 4.18. The van der Waals surface area contributed by atoms with Crippen LogP contribution in [0.4, 0.5) is 0 Å². The lowest BCUT2D eigenvalue weighted by Crippen LogP contribution is -2.25. The third kappa shape index (κ3) is 5.02. The second-order valence-electron chi connectivity index (χ2n) is 8.88. The fraction of sp³-hybridized carbons (Fsp3) is 0.357. The molecule has 0 amide bonds. The van der Waals surface area contributed by atoms with Crippen LogP contribution in [0.25, 0.3) is 0 Å². The Balaban J connectivity index is 0.00000245. The van der Waals surface area contributed by atoms with Crippen LogP contribution < -0.4 is 4.74 Å². The molecule has 0 unspecified atom stereocenters. The quantitative estimate of drug-likeness (QED) is 0.436. The minimum atomic E-state index is 0. The lowest BCUT2D eigenvalue weighted by atomic mass is 9.69. The SMILES string of the molecule is Br.Oc1ccc2c(c1)CC[C@H](c1ccccc1)[C@@H]2c1ccc(OCCN2CCCC2)cc1. The van der Waals surface area contributed by atoms with Gasteiger partial charge >= 0.3 is 0 Å². The molecule has 1 heterocycles. The van der Waals surface area contributed by atoms with Crippen molar-refractivity contribution < 1.29 is 9.84 Å². The van der Waals surface area contributed by atoms with Crippen LogP contribution >= 0.6 is 17.0 Å². The van der Waals surface area contributed by atoms with Crippen molar-refractivity contribution >= 4 is 17.0 Å². The molecule has 0 aromatic heterocycles. The van der Waals surface area contributed by atoms with Crippen LogP contribution in [-0.4, -0.2) is 36.2 Å². The number of ether oxygens (including phenoxy) is 1. The van der Waals surface area contributed by atoms with E-state index in [9.17, 15) is 5.11 Å². The molecule has 3 aromatic rings. The Bertz CT molecular complexity index is 1000. The summed E-state index contributed by atoms with van der Waals surface area (Å²) >= 11 is 0. The molecule has 1 N–H and O–H groups in total. The number of phenolic OH excluding ortho intramolecular Hbond substituents is 1. The predicted octanol–water partition coefficient (Wildman–Crippen LogP) is 6.31. The maximum Gasteiger partial charge on any atom is 0.119 e. The van der Waals surface area contributed by atoms with Gasteiger partial charge in [0.1, 0.15) is 18.1 Å². The summed E-state index contributed by atoms with van der Waals surface area (Å²) in [6, 6.07) is 25.4. The normalized spacial score (nSPS) is 20.4. The first-order valence-electron chi connectivity index (χ1n) is 11.6. The van der Waals surface area contributed by atoms with Crippen molar-refractivity contribution in [2.45, 2.75) is 37.5 Å². The molecule has 3 nitrogen and oxygen atoms in total. The van der Waals surface area contributed by atoms with E-state index in [4.69, 9.17) is 4.74 Å². The first-order valence-corrected chi connectivity index (χ1v) is 11.6. The van der Waals surface area contributed by atoms with Gasteiger partial charge in [0.25, 0.3) is 0 Å². The van der Waals surface area contributed by atoms with E-state index in [1.807, 2.05) is 12.1 Å². The van der Waals surface area contributed by atoms with E-state index >= 15 is 0 Å². The number of halogens is 1. The molecule has 0 spiro atoms. The number of nitrogens with zero attached hydrogens (tertiary/aromatic N) is 1. The van der Waals surface area contributed by atoms with Gasteiger partial charge in [0, 0.05) is 12.5 Å². The maximum atomic E-state index is 10.0. The highest BCUT2D eigenvalue weighted by atomic mass is 79.9. The van der Waals surface area contributed by atoms with Gasteiger partial charge in [-0.1, -0.05) is 48.5 Å². The van der Waals surface area contributed by atoms with E-state index in [1.165, 1.54) is 48.2 Å². The molecule has 168 valence electrons. The fourth-order valence-corrected chi connectivity index (χ4v) is 5.35. The van der Waals surface area contributed by atoms with Gasteiger partial charge in [-0.2, -0.15) is 0 Å². The van der Waals surface area contributed by atoms with Gasteiger partial charge in [-0.3, -0.25) is 4.90 Å². The highest BCUT2D eigenvalue weighted by Gasteiger charge is 2.32. The van der Waals surface area contributed by atoms with Crippen LogP contribution in [0.3, 0.4) is 0 Å². The molecule has 1 fully saturated rings. The molecular weight excluding hydrogens is 462 g/mol. The van der Waals surface area contributed by atoms with E-state index in [-0.39, 0.29) is 22.9 Å². The number of phenols is 1. The summed E-state index contributed by atoms with van der Waals surface area (Å²) in [6.07, 6.45) is 4.71. The van der Waals surface area contributed by atoms with E-state index in [0.29, 0.717) is 11.7 Å². The summed E-state index contributed by atoms with van der Waals surface area (Å²) < 4.78 is 6.03. The summed E-state index contributed by atoms with van der Waals surface area (Å²) in [5.74, 6) is 2.02. The third-order valence-corrected chi connectivity index (χ3v) is 6.93. The average Bonchev–Trinajstić information content (AvgIpc) is 3.33. The van der Waals surface area contributed by atoms with Crippen molar-refractivity contribution in [2.75, 3.05) is 26.2 Å². The lowest BCUT2D eigenvalue weighted by molar-refractivity contribution is 0.237. The van der Waals surface area contributed by atoms with Gasteiger partial charge in [0.2, 0.25) is 0 Å². The minimum Gasteiger partial charge on any atom is -0.508 e. The van der Waals surface area contributed by atoms with Crippen molar-refractivity contribution in [3.05, 3.63) is 95.1 Å². The zero-order chi connectivity index (χ0) is 21.0. The van der Waals surface area contributed by atoms with Gasteiger partial charge in [-0.05, 0) is 91.2 Å². The van der Waals surface area contributed by atoms with Crippen molar-refractivity contribution in [3.8, 4) is 11.5 Å². The maximum absolute atomic E-state index is 10.0. The van der Waals surface area contributed by atoms with Crippen molar-refractivity contribution in [1.29, 1.82) is 0 Å². The topological polar surface area (TPSA) is 32.7 Å². The Kier molecular flexibility index (Phi) is 7.54. The minimum absolute atomic E-state index is 0. The lowest BCUT2D eigenvalue weighted by Gasteiger charge is -2.35. The van der Waals surface area contributed by atoms with E-state index in [2.05, 4.69) is 65.6 Å². The van der Waals surface area contributed by atoms with Gasteiger partial charge in [-0.15, -0.1) is 17.0 Å². The Morgan fingerprint density at radius 1 is 0.875 bits per heavy atom. The van der Waals surface area contributed by atoms with Gasteiger partial charge in [0.05, 0.1) is 0 Å². The highest BCUT2D eigenvalue weighted by molar-refractivity contribution is 8.93. The summed E-state index contributed by atoms with van der Waals surface area (Å²) in [5.41, 5.74) is 5.30. The number of rotatable bonds is 6. The number of benzene rings is 3. The molecule has 2 atom stereocenters. The standard InChI is InChI=1S/C28H31NO2.BrH/c30-24-11-15-27-23(20-24)10-14-26(21-6-2-1-3-7-21)28(27)22-8-12-25(13-9-22)31-19-18-29-16-4-5-17-29;/h1-3,6-9,11-13,15,20,26,28,30H,4-5,10,14,16-19H2;1H/t26-,28+;/m1./s1. The molecular formula is C28H32BrNO2. The molecule has 5 rings (SSSR count). The van der Waals surface area contributed by atoms with Gasteiger partial charge in [0.15, 0.2) is 0 Å². The van der Waals surface area contributed by atoms with E-state index in [1.54, 1.807) is 0 Å². The van der Waals surface area contributed by atoms with E-state index < -0.39 is 0 Å². The number of hydrogen-bond acceptors (Lipinski definition) is 3. The Labute approximate surface area is 201 Å². The van der Waals surface area contributed by atoms with Gasteiger partial charge < -0.3 is 9.84 Å². The molecule has 0 saturated carbocycles. The summed E-state index contributed by atoms with van der Waals surface area (Å²) in [7, 11) is 0. The molecule has 0 bridgehead atoms. The average molecular weight is 494 g/mol. The number of aryl methyl sites for hydroxylation is 1. The second kappa shape index (κ2) is 10.5. The Morgan fingerprint density at radius 3 is 2.38 bits per heavy atom. The van der Waals surface area contributed by atoms with Crippen LogP contribution in [0.15, 0.2) is 72.8 Å². The van der Waals surface area contributed by atoms with Gasteiger partial charge in [-0.25, -0.2) is 0 Å². The molecule has 32 heavy (non-hydrogen) atoms. The summed E-state index contributed by atoms with van der Waals surface area (Å²) in [5, 5.41) is 10.0. The van der Waals surface area contributed by atoms with Crippen LogP contribution in [0.2, 0.25) is 0 Å². The second-order valence-corrected chi connectivity index (χ2v) is 8.88. The number of hydrogen-bond donors (Lipinski definition) is 1. The van der Waals surface area contributed by atoms with Crippen molar-refractivity contribution in [3.63, 3.8) is 0 Å². The zero-order valence-corrected chi connectivity index (χ0v) is 20.2. The predicted molar refractivity (Wildman–Crippen MR) is 135 cm³/mol. The fourth-order valence-electron chi connectivity index (χ4n) is 5.35. The van der Waals surface area contributed by atoms with Crippen LogP contribution in [0, 0.1) is 0 Å². The Hall–Kier alpha value is -2.30. The first-order chi connectivity index (χ1) is 15.3. The number of likely N-dealkylation sites (tertiary alicyclic amines) is 1. The highest BCUT2D eigenvalue weighted by Crippen LogP contribution is 2.47. The molecule has 1 saturated heterocycles. The Morgan fingerprint density at radius 2 is 1.62 bits per heavy atom. The molecule has 0 radical (unpaired) electrons. The molecule has 1 aliphatic heterocycles. The third-order valence-electron chi connectivity index (χ3n) is 6.93. The molecule has 1 aliphatic carbocycles. The molecule has 4 heteroatoms. The summed E-state index contributed by atoms with van der Waals surface area (Å²) in [4.78, 5) is 2.48. The smallest absolute Gasteiger partial charge is 0.119 e. The van der Waals surface area contributed by atoms with E-state index in [0.717, 1.165) is 31.7 Å². The number of fused-ring (bicyclic) bond motifs is 1. The monoisotopic (exact) mass is 493 g/mol. The number of aromatic hydroxyl groups is 1. The van der Waals surface area contributed by atoms with Crippen molar-refractivity contribution in [1.82, 2.24) is 4.90 Å². The zero-order valence-electron chi connectivity index (χ0n) is 18.5. The molecule has 3 aromatic carbocycles. The van der Waals surface area contributed by atoms with Crippen LogP contribution in [0.5, 0.6) is 11.5 Å². The van der Waals surface area contributed by atoms with Crippen molar-refractivity contribution in [2.24, 2.45) is 0 Å². The first kappa shape index (κ1) is 22.9.